The Morgan fingerprint density at radius 3 is 2.62 bits per heavy atom. The fourth-order valence-corrected chi connectivity index (χ4v) is 2.41. The first-order valence-electron chi connectivity index (χ1n) is 6.92. The monoisotopic (exact) mass is 297 g/mol. The van der Waals surface area contributed by atoms with Crippen molar-refractivity contribution in [2.45, 2.75) is 32.2 Å². The van der Waals surface area contributed by atoms with E-state index in [1.807, 2.05) is 6.92 Å². The van der Waals surface area contributed by atoms with Crippen molar-refractivity contribution < 1.29 is 23.5 Å². The minimum Gasteiger partial charge on any atom is -0.481 e. The molecule has 0 heterocycles. The Balaban J connectivity index is 2.09. The number of rotatable bonds is 6. The number of benzene rings is 1. The molecule has 1 aromatic carbocycles. The number of carboxylic acid groups (broad SMARTS) is 1. The predicted octanol–water partition coefficient (Wildman–Crippen LogP) is 2.64. The van der Waals surface area contributed by atoms with Gasteiger partial charge < -0.3 is 10.4 Å². The summed E-state index contributed by atoms with van der Waals surface area (Å²) in [5.41, 5.74) is 0.221. The van der Waals surface area contributed by atoms with E-state index < -0.39 is 35.5 Å². The van der Waals surface area contributed by atoms with E-state index in [9.17, 15) is 18.4 Å². The first-order chi connectivity index (χ1) is 9.93. The number of aliphatic carboxylic acids is 1. The second kappa shape index (κ2) is 6.20. The molecule has 0 spiro atoms. The van der Waals surface area contributed by atoms with Gasteiger partial charge in [-0.2, -0.15) is 0 Å². The highest BCUT2D eigenvalue weighted by Crippen LogP contribution is 2.39. The number of hydrogen-bond donors (Lipinski definition) is 2. The first-order valence-corrected chi connectivity index (χ1v) is 6.92. The molecule has 0 aromatic heterocycles. The summed E-state index contributed by atoms with van der Waals surface area (Å²) in [5, 5.41) is 11.5. The number of nitrogens with one attached hydrogen (secondary N) is 1. The summed E-state index contributed by atoms with van der Waals surface area (Å²) in [6.45, 7) is 1.89. The molecule has 6 heteroatoms. The highest BCUT2D eigenvalue weighted by molar-refractivity contribution is 5.89. The van der Waals surface area contributed by atoms with Crippen molar-refractivity contribution >= 4 is 11.9 Å². The van der Waals surface area contributed by atoms with Crippen molar-refractivity contribution in [3.05, 3.63) is 35.4 Å². The highest BCUT2D eigenvalue weighted by atomic mass is 19.1. The molecule has 0 radical (unpaired) electrons. The van der Waals surface area contributed by atoms with Crippen LogP contribution in [0.5, 0.6) is 0 Å². The van der Waals surface area contributed by atoms with E-state index >= 15 is 0 Å². The van der Waals surface area contributed by atoms with Crippen LogP contribution in [0.1, 0.15) is 37.8 Å². The molecule has 3 unspecified atom stereocenters. The van der Waals surface area contributed by atoms with Crippen LogP contribution in [0.4, 0.5) is 8.78 Å². The molecule has 3 atom stereocenters. The van der Waals surface area contributed by atoms with Crippen LogP contribution in [0.15, 0.2) is 18.2 Å². The Morgan fingerprint density at radius 2 is 2.10 bits per heavy atom. The van der Waals surface area contributed by atoms with E-state index in [1.54, 1.807) is 0 Å². The van der Waals surface area contributed by atoms with Crippen LogP contribution in [0, 0.1) is 23.5 Å². The van der Waals surface area contributed by atoms with Gasteiger partial charge in [-0.25, -0.2) is 8.78 Å². The lowest BCUT2D eigenvalue weighted by atomic mass is 10.0. The summed E-state index contributed by atoms with van der Waals surface area (Å²) < 4.78 is 26.8. The molecule has 21 heavy (non-hydrogen) atoms. The van der Waals surface area contributed by atoms with Crippen molar-refractivity contribution in [1.82, 2.24) is 5.32 Å². The van der Waals surface area contributed by atoms with Gasteiger partial charge in [-0.3, -0.25) is 9.59 Å². The highest BCUT2D eigenvalue weighted by Gasteiger charge is 2.48. The van der Waals surface area contributed by atoms with E-state index in [0.717, 1.165) is 12.1 Å². The number of hydrogen-bond acceptors (Lipinski definition) is 2. The van der Waals surface area contributed by atoms with Gasteiger partial charge in [0.1, 0.15) is 11.6 Å². The average Bonchev–Trinajstić information content (AvgIpc) is 3.18. The van der Waals surface area contributed by atoms with E-state index in [4.69, 9.17) is 5.11 Å². The maximum Gasteiger partial charge on any atom is 0.307 e. The second-order valence-electron chi connectivity index (χ2n) is 5.30. The third-order valence-electron chi connectivity index (χ3n) is 3.68. The van der Waals surface area contributed by atoms with Crippen LogP contribution < -0.4 is 5.32 Å². The standard InChI is InChI=1S/C15H17F2NO3/c1-2-3-13(9-5-4-8(16)6-12(9)17)18-14(19)10-7-11(10)15(20)21/h4-6,10-11,13H,2-3,7H2,1H3,(H,18,19)(H,20,21). The number of carbonyl (C=O) groups is 2. The Bertz CT molecular complexity index is 562. The van der Waals surface area contributed by atoms with Crippen LogP contribution in [-0.4, -0.2) is 17.0 Å². The number of carboxylic acids is 1. The Morgan fingerprint density at radius 1 is 1.38 bits per heavy atom. The zero-order chi connectivity index (χ0) is 15.6. The summed E-state index contributed by atoms with van der Waals surface area (Å²) in [6.07, 6.45) is 1.51. The number of amides is 1. The molecule has 1 saturated carbocycles. The van der Waals surface area contributed by atoms with Crippen LogP contribution in [0.3, 0.4) is 0 Å². The third kappa shape index (κ3) is 3.56. The Kier molecular flexibility index (Phi) is 4.55. The van der Waals surface area contributed by atoms with Crippen molar-refractivity contribution in [2.24, 2.45) is 11.8 Å². The lowest BCUT2D eigenvalue weighted by Gasteiger charge is -2.19. The molecule has 1 aliphatic carbocycles. The van der Waals surface area contributed by atoms with Crippen molar-refractivity contribution in [2.75, 3.05) is 0 Å². The molecule has 1 fully saturated rings. The van der Waals surface area contributed by atoms with E-state index in [-0.39, 0.29) is 11.5 Å². The molecule has 1 aliphatic rings. The largest absolute Gasteiger partial charge is 0.481 e. The summed E-state index contributed by atoms with van der Waals surface area (Å²) in [4.78, 5) is 22.8. The average molecular weight is 297 g/mol. The van der Waals surface area contributed by atoms with Gasteiger partial charge in [-0.05, 0) is 18.9 Å². The summed E-state index contributed by atoms with van der Waals surface area (Å²) in [5.74, 6) is -3.96. The molecular formula is C15H17F2NO3. The SMILES string of the molecule is CCCC(NC(=O)C1CC1C(=O)O)c1ccc(F)cc1F. The molecule has 0 aliphatic heterocycles. The molecule has 1 amide bonds. The normalized spacial score (nSPS) is 21.7. The molecule has 0 saturated heterocycles. The lowest BCUT2D eigenvalue weighted by Crippen LogP contribution is -2.31. The summed E-state index contributed by atoms with van der Waals surface area (Å²) >= 11 is 0. The smallest absolute Gasteiger partial charge is 0.307 e. The number of halogens is 2. The fraction of sp³-hybridized carbons (Fsp3) is 0.467. The zero-order valence-corrected chi connectivity index (χ0v) is 11.6. The molecule has 2 rings (SSSR count). The molecule has 1 aromatic rings. The fourth-order valence-electron chi connectivity index (χ4n) is 2.41. The van der Waals surface area contributed by atoms with Gasteiger partial charge in [0.2, 0.25) is 5.91 Å². The van der Waals surface area contributed by atoms with Gasteiger partial charge in [0.05, 0.1) is 17.9 Å². The van der Waals surface area contributed by atoms with Crippen LogP contribution in [0.2, 0.25) is 0 Å². The van der Waals surface area contributed by atoms with Gasteiger partial charge in [0.15, 0.2) is 0 Å². The van der Waals surface area contributed by atoms with Crippen molar-refractivity contribution in [1.29, 1.82) is 0 Å². The zero-order valence-electron chi connectivity index (χ0n) is 11.6. The van der Waals surface area contributed by atoms with Crippen LogP contribution >= 0.6 is 0 Å². The van der Waals surface area contributed by atoms with Crippen LogP contribution in [-0.2, 0) is 9.59 Å². The maximum absolute atomic E-state index is 13.8. The maximum atomic E-state index is 13.8. The summed E-state index contributed by atoms with van der Waals surface area (Å²) in [6, 6.07) is 2.66. The molecule has 114 valence electrons. The van der Waals surface area contributed by atoms with Gasteiger partial charge in [0, 0.05) is 11.6 Å². The Hall–Kier alpha value is -1.98. The summed E-state index contributed by atoms with van der Waals surface area (Å²) in [7, 11) is 0. The lowest BCUT2D eigenvalue weighted by molar-refractivity contribution is -0.140. The second-order valence-corrected chi connectivity index (χ2v) is 5.30. The number of carbonyl (C=O) groups excluding carboxylic acids is 1. The van der Waals surface area contributed by atoms with Gasteiger partial charge in [-0.1, -0.05) is 19.4 Å². The van der Waals surface area contributed by atoms with Gasteiger partial charge >= 0.3 is 5.97 Å². The first kappa shape index (κ1) is 15.4. The van der Waals surface area contributed by atoms with Crippen LogP contribution in [0.25, 0.3) is 0 Å². The molecule has 4 nitrogen and oxygen atoms in total. The quantitative estimate of drug-likeness (QED) is 0.848. The Labute approximate surface area is 121 Å². The topological polar surface area (TPSA) is 66.4 Å². The molecule has 0 bridgehead atoms. The van der Waals surface area contributed by atoms with E-state index in [2.05, 4.69) is 5.32 Å². The molecule has 2 N–H and O–H groups in total. The predicted molar refractivity (Wildman–Crippen MR) is 71.4 cm³/mol. The molecular weight excluding hydrogens is 280 g/mol. The van der Waals surface area contributed by atoms with Gasteiger partial charge in [-0.15, -0.1) is 0 Å². The van der Waals surface area contributed by atoms with E-state index in [0.29, 0.717) is 19.3 Å². The van der Waals surface area contributed by atoms with Crippen molar-refractivity contribution in [3.8, 4) is 0 Å². The van der Waals surface area contributed by atoms with Crippen molar-refractivity contribution in [3.63, 3.8) is 0 Å². The minimum absolute atomic E-state index is 0.221. The minimum atomic E-state index is -0.991. The third-order valence-corrected chi connectivity index (χ3v) is 3.68. The van der Waals surface area contributed by atoms with E-state index in [1.165, 1.54) is 6.07 Å². The van der Waals surface area contributed by atoms with Gasteiger partial charge in [0.25, 0.3) is 0 Å².